The molecule has 0 aromatic carbocycles. The van der Waals surface area contributed by atoms with Crippen molar-refractivity contribution < 1.29 is 23.8 Å². The molecular formula is C14H24FNO4. The van der Waals surface area contributed by atoms with E-state index in [0.717, 1.165) is 6.08 Å². The van der Waals surface area contributed by atoms with Crippen molar-refractivity contribution in [3.63, 3.8) is 0 Å². The predicted molar refractivity (Wildman–Crippen MR) is 72.9 cm³/mol. The van der Waals surface area contributed by atoms with E-state index in [4.69, 9.17) is 14.6 Å². The molecule has 6 heteroatoms. The van der Waals surface area contributed by atoms with Crippen LogP contribution in [0.25, 0.3) is 0 Å². The number of allylic oxidation sites excluding steroid dienone is 1. The van der Waals surface area contributed by atoms with Crippen LogP contribution in [-0.2, 0) is 9.47 Å². The van der Waals surface area contributed by atoms with E-state index in [2.05, 4.69) is 0 Å². The summed E-state index contributed by atoms with van der Waals surface area (Å²) in [7, 11) is 0. The van der Waals surface area contributed by atoms with Crippen molar-refractivity contribution >= 4 is 6.09 Å². The van der Waals surface area contributed by atoms with Crippen molar-refractivity contribution in [1.29, 1.82) is 0 Å². The highest BCUT2D eigenvalue weighted by Gasteiger charge is 2.45. The Balaban J connectivity index is 2.75. The first-order chi connectivity index (χ1) is 9.03. The van der Waals surface area contributed by atoms with E-state index in [1.165, 1.54) is 0 Å². The van der Waals surface area contributed by atoms with E-state index in [0.29, 0.717) is 19.4 Å². The summed E-state index contributed by atoms with van der Waals surface area (Å²) in [4.78, 5) is 13.8. The standard InChI is InChI=1S/C14H24FNO4/c1-13(2,3)20-12(18)16-10(7-6-8-11(15)17)9-19-14(16,4)5/h8,10,17H,6-7,9H2,1-5H3/b11-8-. The summed E-state index contributed by atoms with van der Waals surface area (Å²) in [6.07, 6.45) is 1.46. The fraction of sp³-hybridized carbons (Fsp3) is 0.786. The average Bonchev–Trinajstić information content (AvgIpc) is 2.50. The maximum Gasteiger partial charge on any atom is 0.412 e. The van der Waals surface area contributed by atoms with Gasteiger partial charge in [-0.25, -0.2) is 4.79 Å². The van der Waals surface area contributed by atoms with Crippen LogP contribution >= 0.6 is 0 Å². The molecular weight excluding hydrogens is 265 g/mol. The van der Waals surface area contributed by atoms with Crippen LogP contribution in [0.5, 0.6) is 0 Å². The van der Waals surface area contributed by atoms with Gasteiger partial charge in [0.25, 0.3) is 6.01 Å². The smallest absolute Gasteiger partial charge is 0.412 e. The molecule has 0 aromatic heterocycles. The minimum atomic E-state index is -1.20. The number of carbonyl (C=O) groups excluding carboxylic acids is 1. The fourth-order valence-corrected chi connectivity index (χ4v) is 2.17. The summed E-state index contributed by atoms with van der Waals surface area (Å²) < 4.78 is 23.3. The molecule has 1 unspecified atom stereocenters. The lowest BCUT2D eigenvalue weighted by molar-refractivity contribution is -0.0626. The van der Waals surface area contributed by atoms with Gasteiger partial charge in [0.2, 0.25) is 0 Å². The summed E-state index contributed by atoms with van der Waals surface area (Å²) in [6, 6.07) is -1.40. The Morgan fingerprint density at radius 2 is 2.15 bits per heavy atom. The van der Waals surface area contributed by atoms with Gasteiger partial charge in [0.05, 0.1) is 12.6 Å². The molecule has 1 saturated heterocycles. The van der Waals surface area contributed by atoms with E-state index in [1.807, 2.05) is 0 Å². The summed E-state index contributed by atoms with van der Waals surface area (Å²) in [5, 5.41) is 8.51. The van der Waals surface area contributed by atoms with Crippen molar-refractivity contribution in [3.05, 3.63) is 12.1 Å². The number of rotatable bonds is 3. The monoisotopic (exact) mass is 289 g/mol. The highest BCUT2D eigenvalue weighted by Crippen LogP contribution is 2.31. The fourth-order valence-electron chi connectivity index (χ4n) is 2.17. The van der Waals surface area contributed by atoms with Crippen LogP contribution < -0.4 is 0 Å². The lowest BCUT2D eigenvalue weighted by Crippen LogP contribution is -2.49. The summed E-state index contributed by atoms with van der Waals surface area (Å²) in [5.41, 5.74) is -1.34. The first-order valence-electron chi connectivity index (χ1n) is 6.74. The van der Waals surface area contributed by atoms with E-state index in [1.54, 1.807) is 39.5 Å². The predicted octanol–water partition coefficient (Wildman–Crippen LogP) is 3.51. The van der Waals surface area contributed by atoms with Crippen LogP contribution in [0.3, 0.4) is 0 Å². The lowest BCUT2D eigenvalue weighted by atomic mass is 10.1. The van der Waals surface area contributed by atoms with Gasteiger partial charge in [-0.05, 0) is 53.5 Å². The quantitative estimate of drug-likeness (QED) is 0.808. The van der Waals surface area contributed by atoms with Crippen LogP contribution in [0.1, 0.15) is 47.5 Å². The Morgan fingerprint density at radius 3 is 2.65 bits per heavy atom. The Bertz CT molecular complexity index is 383. The molecule has 0 bridgehead atoms. The van der Waals surface area contributed by atoms with Gasteiger partial charge in [-0.3, -0.25) is 4.90 Å². The molecule has 5 nitrogen and oxygen atoms in total. The van der Waals surface area contributed by atoms with Gasteiger partial charge < -0.3 is 14.6 Å². The van der Waals surface area contributed by atoms with Gasteiger partial charge in [0, 0.05) is 0 Å². The normalized spacial score (nSPS) is 23.0. The number of amides is 1. The molecule has 116 valence electrons. The van der Waals surface area contributed by atoms with Gasteiger partial charge in [0.15, 0.2) is 0 Å². The number of carbonyl (C=O) groups is 1. The molecule has 1 fully saturated rings. The molecule has 0 aliphatic carbocycles. The Hall–Kier alpha value is -1.30. The van der Waals surface area contributed by atoms with Gasteiger partial charge >= 0.3 is 6.09 Å². The second-order valence-corrected chi connectivity index (χ2v) is 6.37. The molecule has 1 N–H and O–H groups in total. The molecule has 20 heavy (non-hydrogen) atoms. The summed E-state index contributed by atoms with van der Waals surface area (Å²) in [5.74, 6) is 0. The van der Waals surface area contributed by atoms with Crippen LogP contribution in [0.15, 0.2) is 12.1 Å². The van der Waals surface area contributed by atoms with Gasteiger partial charge in [-0.15, -0.1) is 0 Å². The number of ether oxygens (including phenoxy) is 2. The summed E-state index contributed by atoms with van der Waals surface area (Å²) in [6.45, 7) is 9.35. The molecule has 1 aliphatic heterocycles. The molecule has 0 spiro atoms. The molecule has 1 atom stereocenters. The molecule has 1 amide bonds. The van der Waals surface area contributed by atoms with Crippen molar-refractivity contribution in [2.75, 3.05) is 6.61 Å². The second kappa shape index (κ2) is 5.99. The zero-order valence-corrected chi connectivity index (χ0v) is 12.8. The molecule has 1 rings (SSSR count). The third-order valence-electron chi connectivity index (χ3n) is 2.98. The number of halogens is 1. The largest absolute Gasteiger partial charge is 0.487 e. The maximum atomic E-state index is 12.3. The highest BCUT2D eigenvalue weighted by molar-refractivity contribution is 5.69. The van der Waals surface area contributed by atoms with Crippen molar-refractivity contribution in [1.82, 2.24) is 4.90 Å². The van der Waals surface area contributed by atoms with E-state index in [9.17, 15) is 9.18 Å². The van der Waals surface area contributed by atoms with Gasteiger partial charge in [0.1, 0.15) is 11.3 Å². The zero-order valence-electron chi connectivity index (χ0n) is 12.8. The third-order valence-corrected chi connectivity index (χ3v) is 2.98. The number of aliphatic hydroxyl groups excluding tert-OH is 1. The van der Waals surface area contributed by atoms with Crippen LogP contribution in [0, 0.1) is 0 Å². The van der Waals surface area contributed by atoms with Crippen molar-refractivity contribution in [2.24, 2.45) is 0 Å². The highest BCUT2D eigenvalue weighted by atomic mass is 19.1. The van der Waals surface area contributed by atoms with Crippen LogP contribution in [-0.4, -0.2) is 40.1 Å². The number of nitrogens with zero attached hydrogens (tertiary/aromatic N) is 1. The van der Waals surface area contributed by atoms with E-state index >= 15 is 0 Å². The Labute approximate surface area is 119 Å². The zero-order chi connectivity index (χ0) is 15.6. The second-order valence-electron chi connectivity index (χ2n) is 6.37. The lowest BCUT2D eigenvalue weighted by Gasteiger charge is -2.35. The van der Waals surface area contributed by atoms with Crippen molar-refractivity contribution in [3.8, 4) is 0 Å². The van der Waals surface area contributed by atoms with Crippen LogP contribution in [0.4, 0.5) is 9.18 Å². The minimum Gasteiger partial charge on any atom is -0.487 e. The average molecular weight is 289 g/mol. The molecule has 0 saturated carbocycles. The number of hydrogen-bond acceptors (Lipinski definition) is 4. The first-order valence-corrected chi connectivity index (χ1v) is 6.74. The summed E-state index contributed by atoms with van der Waals surface area (Å²) >= 11 is 0. The first kappa shape index (κ1) is 16.8. The van der Waals surface area contributed by atoms with Crippen molar-refractivity contribution in [2.45, 2.75) is 64.8 Å². The molecule has 1 heterocycles. The molecule has 1 aliphatic rings. The molecule has 0 aromatic rings. The van der Waals surface area contributed by atoms with Gasteiger partial charge in [-0.2, -0.15) is 4.39 Å². The number of aliphatic hydroxyl groups is 1. The van der Waals surface area contributed by atoms with E-state index < -0.39 is 23.4 Å². The van der Waals surface area contributed by atoms with E-state index in [-0.39, 0.29) is 6.04 Å². The van der Waals surface area contributed by atoms with Gasteiger partial charge in [-0.1, -0.05) is 0 Å². The Kier molecular flexibility index (Phi) is 5.02. The Morgan fingerprint density at radius 1 is 1.55 bits per heavy atom. The third kappa shape index (κ3) is 4.67. The minimum absolute atomic E-state index is 0.199. The van der Waals surface area contributed by atoms with Crippen LogP contribution in [0.2, 0.25) is 0 Å². The maximum absolute atomic E-state index is 12.3. The SMILES string of the molecule is CC(C)(C)OC(=O)N1C(CC/C=C(\O)F)COC1(C)C. The topological polar surface area (TPSA) is 59.0 Å². The molecule has 0 radical (unpaired) electrons. The number of hydrogen-bond donors (Lipinski definition) is 1.